The molecule has 4 nitrogen and oxygen atoms in total. The van der Waals surface area contributed by atoms with E-state index < -0.39 is 0 Å². The van der Waals surface area contributed by atoms with Crippen LogP contribution in [0, 0.1) is 11.8 Å². The Balaban J connectivity index is 1.12. The van der Waals surface area contributed by atoms with Crippen molar-refractivity contribution < 1.29 is 14.2 Å². The summed E-state index contributed by atoms with van der Waals surface area (Å²) in [4.78, 5) is 2.47. The van der Waals surface area contributed by atoms with Crippen LogP contribution in [0.4, 0.5) is 0 Å². The molecule has 3 aliphatic rings. The van der Waals surface area contributed by atoms with Crippen LogP contribution >= 0.6 is 0 Å². The van der Waals surface area contributed by atoms with Crippen molar-refractivity contribution >= 4 is 0 Å². The molecule has 0 N–H and O–H groups in total. The van der Waals surface area contributed by atoms with Gasteiger partial charge < -0.3 is 14.2 Å². The monoisotopic (exact) mass is 325 g/mol. The number of hydrogen-bond donors (Lipinski definition) is 0. The molecule has 0 unspecified atom stereocenters. The number of hydrogen-bond acceptors (Lipinski definition) is 4. The quantitative estimate of drug-likeness (QED) is 0.617. The summed E-state index contributed by atoms with van der Waals surface area (Å²) >= 11 is 0. The maximum Gasteiger partial charge on any atom is 0.0828 e. The lowest BCUT2D eigenvalue weighted by Crippen LogP contribution is -2.55. The third kappa shape index (κ3) is 4.91. The molecule has 0 aromatic heterocycles. The fourth-order valence-electron chi connectivity index (χ4n) is 3.99. The van der Waals surface area contributed by atoms with Gasteiger partial charge in [0.25, 0.3) is 0 Å². The van der Waals surface area contributed by atoms with Crippen molar-refractivity contribution in [1.29, 1.82) is 0 Å². The van der Waals surface area contributed by atoms with Crippen molar-refractivity contribution in [3.05, 3.63) is 0 Å². The lowest BCUT2D eigenvalue weighted by atomic mass is 9.72. The van der Waals surface area contributed by atoms with E-state index in [-0.39, 0.29) is 0 Å². The SMILES string of the molecule is COC1CC(OCCC2CC(CCOC3CN(C(C)C)C3)C2)C1. The van der Waals surface area contributed by atoms with E-state index in [9.17, 15) is 0 Å². The van der Waals surface area contributed by atoms with E-state index >= 15 is 0 Å². The molecule has 3 rings (SSSR count). The molecule has 1 aliphatic heterocycles. The minimum Gasteiger partial charge on any atom is -0.381 e. The van der Waals surface area contributed by atoms with E-state index in [0.717, 1.165) is 51.0 Å². The second-order valence-electron chi connectivity index (χ2n) is 8.14. The van der Waals surface area contributed by atoms with Crippen molar-refractivity contribution in [2.24, 2.45) is 11.8 Å². The number of ether oxygens (including phenoxy) is 3. The third-order valence-corrected chi connectivity index (χ3v) is 6.08. The van der Waals surface area contributed by atoms with E-state index in [0.29, 0.717) is 24.4 Å². The van der Waals surface area contributed by atoms with Gasteiger partial charge in [-0.3, -0.25) is 4.90 Å². The maximum absolute atomic E-state index is 5.98. The lowest BCUT2D eigenvalue weighted by Gasteiger charge is -2.42. The Morgan fingerprint density at radius 2 is 1.39 bits per heavy atom. The lowest BCUT2D eigenvalue weighted by molar-refractivity contribution is -0.0923. The molecule has 0 atom stereocenters. The molecular formula is C19H35NO3. The second-order valence-corrected chi connectivity index (χ2v) is 8.14. The third-order valence-electron chi connectivity index (χ3n) is 6.08. The Morgan fingerprint density at radius 1 is 0.826 bits per heavy atom. The van der Waals surface area contributed by atoms with Gasteiger partial charge in [0, 0.05) is 39.5 Å². The van der Waals surface area contributed by atoms with Gasteiger partial charge in [-0.1, -0.05) is 0 Å². The van der Waals surface area contributed by atoms with Gasteiger partial charge in [0.05, 0.1) is 18.3 Å². The van der Waals surface area contributed by atoms with Crippen LogP contribution in [-0.2, 0) is 14.2 Å². The highest BCUT2D eigenvalue weighted by Crippen LogP contribution is 2.38. The molecule has 0 amide bonds. The molecule has 0 radical (unpaired) electrons. The molecule has 1 heterocycles. The molecule has 2 aliphatic carbocycles. The second kappa shape index (κ2) is 8.28. The Hall–Kier alpha value is -0.160. The number of methoxy groups -OCH3 is 1. The van der Waals surface area contributed by atoms with Gasteiger partial charge in [0.1, 0.15) is 0 Å². The molecule has 2 saturated carbocycles. The Bertz CT molecular complexity index is 345. The van der Waals surface area contributed by atoms with E-state index in [1.807, 2.05) is 0 Å². The van der Waals surface area contributed by atoms with E-state index in [1.165, 1.54) is 25.7 Å². The zero-order valence-corrected chi connectivity index (χ0v) is 15.2. The summed E-state index contributed by atoms with van der Waals surface area (Å²) in [6.07, 6.45) is 8.90. The molecule has 23 heavy (non-hydrogen) atoms. The zero-order chi connectivity index (χ0) is 16.2. The molecular weight excluding hydrogens is 290 g/mol. The van der Waals surface area contributed by atoms with Crippen molar-refractivity contribution in [2.75, 3.05) is 33.4 Å². The summed E-state index contributed by atoms with van der Waals surface area (Å²) in [6, 6.07) is 0.671. The summed E-state index contributed by atoms with van der Waals surface area (Å²) in [7, 11) is 1.80. The van der Waals surface area contributed by atoms with Crippen molar-refractivity contribution in [3.8, 4) is 0 Å². The van der Waals surface area contributed by atoms with Gasteiger partial charge in [-0.05, 0) is 64.2 Å². The van der Waals surface area contributed by atoms with Crippen LogP contribution in [0.5, 0.6) is 0 Å². The van der Waals surface area contributed by atoms with Crippen LogP contribution in [0.15, 0.2) is 0 Å². The van der Waals surface area contributed by atoms with E-state index in [2.05, 4.69) is 18.7 Å². The molecule has 0 spiro atoms. The van der Waals surface area contributed by atoms with E-state index in [4.69, 9.17) is 14.2 Å². The highest BCUT2D eigenvalue weighted by atomic mass is 16.5. The first kappa shape index (κ1) is 17.7. The molecule has 134 valence electrons. The minimum absolute atomic E-state index is 0.455. The molecule has 0 aromatic carbocycles. The molecule has 3 fully saturated rings. The smallest absolute Gasteiger partial charge is 0.0828 e. The number of nitrogens with zero attached hydrogens (tertiary/aromatic N) is 1. The normalized spacial score (nSPS) is 35.0. The number of likely N-dealkylation sites (tertiary alicyclic amines) is 1. The average Bonchev–Trinajstić information content (AvgIpc) is 2.38. The molecule has 4 heteroatoms. The average molecular weight is 325 g/mol. The summed E-state index contributed by atoms with van der Waals surface area (Å²) in [5, 5.41) is 0. The van der Waals surface area contributed by atoms with Crippen molar-refractivity contribution in [1.82, 2.24) is 4.90 Å². The van der Waals surface area contributed by atoms with Gasteiger partial charge in [0.2, 0.25) is 0 Å². The Labute approximate surface area is 141 Å². The largest absolute Gasteiger partial charge is 0.381 e. The highest BCUT2D eigenvalue weighted by molar-refractivity contribution is 4.84. The molecule has 0 aromatic rings. The predicted molar refractivity (Wildman–Crippen MR) is 91.7 cm³/mol. The summed E-state index contributed by atoms with van der Waals surface area (Å²) in [5.41, 5.74) is 0. The Morgan fingerprint density at radius 3 is 1.91 bits per heavy atom. The van der Waals surface area contributed by atoms with Crippen LogP contribution in [0.2, 0.25) is 0 Å². The van der Waals surface area contributed by atoms with Crippen LogP contribution in [0.25, 0.3) is 0 Å². The predicted octanol–water partition coefficient (Wildman–Crippen LogP) is 3.10. The topological polar surface area (TPSA) is 30.9 Å². The standard InChI is InChI=1S/C19H35NO3/c1-14(2)20-12-19(13-20)23-7-5-16-8-15(9-16)4-6-22-18-10-17(11-18)21-3/h14-19H,4-13H2,1-3H3. The maximum atomic E-state index is 5.98. The van der Waals surface area contributed by atoms with E-state index in [1.54, 1.807) is 7.11 Å². The highest BCUT2D eigenvalue weighted by Gasteiger charge is 2.33. The first-order chi connectivity index (χ1) is 11.1. The Kier molecular flexibility index (Phi) is 6.36. The first-order valence-corrected chi connectivity index (χ1v) is 9.64. The van der Waals surface area contributed by atoms with Gasteiger partial charge in [-0.2, -0.15) is 0 Å². The molecule has 0 bridgehead atoms. The van der Waals surface area contributed by atoms with Crippen molar-refractivity contribution in [2.45, 2.75) is 76.7 Å². The fourth-order valence-corrected chi connectivity index (χ4v) is 3.99. The van der Waals surface area contributed by atoms with Crippen LogP contribution in [0.3, 0.4) is 0 Å². The zero-order valence-electron chi connectivity index (χ0n) is 15.2. The summed E-state index contributed by atoms with van der Waals surface area (Å²) in [6.45, 7) is 8.69. The van der Waals surface area contributed by atoms with Crippen LogP contribution in [-0.4, -0.2) is 62.7 Å². The van der Waals surface area contributed by atoms with Gasteiger partial charge in [-0.25, -0.2) is 0 Å². The van der Waals surface area contributed by atoms with Crippen LogP contribution < -0.4 is 0 Å². The first-order valence-electron chi connectivity index (χ1n) is 9.64. The van der Waals surface area contributed by atoms with Gasteiger partial charge >= 0.3 is 0 Å². The molecule has 1 saturated heterocycles. The summed E-state index contributed by atoms with van der Waals surface area (Å²) < 4.78 is 17.2. The minimum atomic E-state index is 0.455. The number of rotatable bonds is 10. The van der Waals surface area contributed by atoms with Gasteiger partial charge in [-0.15, -0.1) is 0 Å². The fraction of sp³-hybridized carbons (Fsp3) is 1.00. The van der Waals surface area contributed by atoms with Crippen LogP contribution in [0.1, 0.15) is 52.4 Å². The van der Waals surface area contributed by atoms with Crippen molar-refractivity contribution in [3.63, 3.8) is 0 Å². The van der Waals surface area contributed by atoms with Gasteiger partial charge in [0.15, 0.2) is 0 Å². The summed E-state index contributed by atoms with van der Waals surface area (Å²) in [5.74, 6) is 1.81.